The molecule has 0 radical (unpaired) electrons. The molecule has 0 aliphatic carbocycles. The van der Waals surface area contributed by atoms with Crippen molar-refractivity contribution in [1.82, 2.24) is 9.21 Å². The van der Waals surface area contributed by atoms with Crippen LogP contribution in [-0.4, -0.2) is 9.21 Å². The van der Waals surface area contributed by atoms with E-state index in [1.54, 1.807) is 60.7 Å². The predicted octanol–water partition coefficient (Wildman–Crippen LogP) is 14.4. The summed E-state index contributed by atoms with van der Waals surface area (Å²) < 4.78 is 52.8. The first-order valence-corrected chi connectivity index (χ1v) is 24.2. The van der Waals surface area contributed by atoms with Crippen molar-refractivity contribution < 1.29 is 36.8 Å². The summed E-state index contributed by atoms with van der Waals surface area (Å²) in [6.07, 6.45) is 0. The average Bonchev–Trinajstić information content (AvgIpc) is 3.32. The molecule has 1 aliphatic heterocycles. The van der Waals surface area contributed by atoms with E-state index < -0.39 is 23.7 Å². The Bertz CT molecular complexity index is 2540. The Balaban J connectivity index is 1.47. The van der Waals surface area contributed by atoms with Crippen LogP contribution >= 0.6 is 23.7 Å². The van der Waals surface area contributed by atoms with Gasteiger partial charge >= 0.3 is 363 Å². The molecule has 8 aromatic rings. The van der Waals surface area contributed by atoms with Gasteiger partial charge in [-0.3, -0.25) is 0 Å². The summed E-state index contributed by atoms with van der Waals surface area (Å²) in [6.45, 7) is 0. The first-order valence-electron chi connectivity index (χ1n) is 19.6. The van der Waals surface area contributed by atoms with Crippen molar-refractivity contribution in [2.75, 3.05) is 0 Å². The molecule has 0 fully saturated rings. The molecule has 0 aromatic heterocycles. The summed E-state index contributed by atoms with van der Waals surface area (Å²) in [6, 6.07) is 73.6. The summed E-state index contributed by atoms with van der Waals surface area (Å²) >= 11 is 0. The maximum atomic E-state index is 7.64. The number of para-hydroxylation sites is 8. The predicted molar refractivity (Wildman–Crippen MR) is 243 cm³/mol. The van der Waals surface area contributed by atoms with E-state index in [-0.39, 0.29) is 0 Å². The SMILES string of the molecule is c1ccc(ON2P(Oc3ccccc3)N=P(Oc3ccccc3)(Oc3ccccc3)N(Oc3ccccc3)P2(Oc2ccccc2)(Oc2ccccc2)Oc2ccccc2)cc1. The van der Waals surface area contributed by atoms with E-state index in [0.29, 0.717) is 46.0 Å². The van der Waals surface area contributed by atoms with Gasteiger partial charge in [-0.15, -0.1) is 0 Å². The zero-order chi connectivity index (χ0) is 41.9. The van der Waals surface area contributed by atoms with E-state index in [2.05, 4.69) is 0 Å². The van der Waals surface area contributed by atoms with Crippen molar-refractivity contribution >= 4 is 23.7 Å². The van der Waals surface area contributed by atoms with Crippen LogP contribution in [0.3, 0.4) is 0 Å². The second kappa shape index (κ2) is 18.4. The molecule has 0 saturated heterocycles. The molecule has 62 heavy (non-hydrogen) atoms. The molecule has 0 N–H and O–H groups in total. The van der Waals surface area contributed by atoms with Crippen LogP contribution in [0, 0.1) is 0 Å². The summed E-state index contributed by atoms with van der Waals surface area (Å²) in [5.74, 6) is 2.90. The van der Waals surface area contributed by atoms with Crippen molar-refractivity contribution in [3.8, 4) is 46.0 Å². The fourth-order valence-corrected chi connectivity index (χ4v) is 17.0. The van der Waals surface area contributed by atoms with E-state index in [1.165, 1.54) is 9.21 Å². The van der Waals surface area contributed by atoms with Gasteiger partial charge in [-0.1, -0.05) is 0 Å². The Labute approximate surface area is 361 Å². The van der Waals surface area contributed by atoms with Crippen molar-refractivity contribution in [3.05, 3.63) is 243 Å². The first-order chi connectivity index (χ1) is 30.6. The van der Waals surface area contributed by atoms with Gasteiger partial charge < -0.3 is 0 Å². The molecule has 0 saturated carbocycles. The van der Waals surface area contributed by atoms with E-state index in [1.807, 2.05) is 182 Å². The van der Waals surface area contributed by atoms with E-state index in [0.717, 1.165) is 0 Å². The molecule has 1 aliphatic rings. The van der Waals surface area contributed by atoms with Crippen LogP contribution in [-0.2, 0) is 0 Å². The third-order valence-corrected chi connectivity index (χ3v) is 18.3. The third kappa shape index (κ3) is 8.81. The molecule has 0 amide bonds. The molecule has 0 bridgehead atoms. The maximum absolute atomic E-state index is 7.64. The molecule has 14 heteroatoms. The van der Waals surface area contributed by atoms with Crippen LogP contribution in [0.2, 0.25) is 0 Å². The molecule has 1 unspecified atom stereocenters. The summed E-state index contributed by atoms with van der Waals surface area (Å²) in [5.41, 5.74) is 0. The zero-order valence-electron chi connectivity index (χ0n) is 33.0. The summed E-state index contributed by atoms with van der Waals surface area (Å²) in [7, 11) is -12.9. The van der Waals surface area contributed by atoms with Gasteiger partial charge in [0.15, 0.2) is 0 Å². The minimum absolute atomic E-state index is 0.314. The Kier molecular flexibility index (Phi) is 12.1. The zero-order valence-corrected chi connectivity index (χ0v) is 35.7. The molecule has 310 valence electrons. The minimum atomic E-state index is -5.97. The fraction of sp³-hybridized carbons (Fsp3) is 0. The molecule has 1 heterocycles. The van der Waals surface area contributed by atoms with Crippen molar-refractivity contribution in [2.45, 2.75) is 0 Å². The third-order valence-electron chi connectivity index (χ3n) is 8.86. The Morgan fingerprint density at radius 1 is 0.339 bits per heavy atom. The van der Waals surface area contributed by atoms with Gasteiger partial charge in [-0.05, 0) is 0 Å². The van der Waals surface area contributed by atoms with Gasteiger partial charge in [0, 0.05) is 0 Å². The van der Waals surface area contributed by atoms with Crippen LogP contribution in [0.4, 0.5) is 0 Å². The number of hydrogen-bond donors (Lipinski definition) is 0. The number of benzene rings is 8. The van der Waals surface area contributed by atoms with Gasteiger partial charge in [0.25, 0.3) is 0 Å². The summed E-state index contributed by atoms with van der Waals surface area (Å²) in [5, 5.41) is 0. The normalized spacial score (nSPS) is 17.0. The number of rotatable bonds is 16. The van der Waals surface area contributed by atoms with Gasteiger partial charge in [0.05, 0.1) is 0 Å². The fourth-order valence-electron chi connectivity index (χ4n) is 6.16. The van der Waals surface area contributed by atoms with Gasteiger partial charge in [-0.25, -0.2) is 0 Å². The van der Waals surface area contributed by atoms with E-state index >= 15 is 0 Å². The Morgan fingerprint density at radius 3 is 0.984 bits per heavy atom. The first kappa shape index (κ1) is 40.6. The molecule has 9 rings (SSSR count). The quantitative estimate of drug-likeness (QED) is 0.0874. The van der Waals surface area contributed by atoms with Gasteiger partial charge in [-0.2, -0.15) is 0 Å². The second-order valence-electron chi connectivity index (χ2n) is 13.4. The topological polar surface area (TPSA) is 92.7 Å². The molecule has 11 nitrogen and oxygen atoms in total. The number of nitrogens with zero attached hydrogens (tertiary/aromatic N) is 3. The van der Waals surface area contributed by atoms with Crippen LogP contribution in [0.25, 0.3) is 0 Å². The summed E-state index contributed by atoms with van der Waals surface area (Å²) in [4.78, 5) is 14.4. The van der Waals surface area contributed by atoms with Gasteiger partial charge in [0.2, 0.25) is 0 Å². The molecular weight excluding hydrogens is 839 g/mol. The Morgan fingerprint density at radius 2 is 0.629 bits per heavy atom. The van der Waals surface area contributed by atoms with E-state index in [9.17, 15) is 0 Å². The monoisotopic (exact) mass is 879 g/mol. The molecule has 8 aromatic carbocycles. The standard InChI is InChI=1S/C48H40N3O8P3/c1-9-25-41(26-10-1)52-50-60(54-43-29-13-3-14-30-43)49-61(55-44-31-15-4-16-32-44,56-45-33-17-5-18-34-45)51(53-42-27-11-2-12-28-42)62(50,57-46-35-19-6-20-36-46,58-47-37-21-7-22-38-47)59-48-39-23-8-24-40-48/h1-40H. The van der Waals surface area contributed by atoms with Crippen LogP contribution in [0.1, 0.15) is 0 Å². The number of hydrogen-bond acceptors (Lipinski definition) is 11. The molecule has 0 spiro atoms. The van der Waals surface area contributed by atoms with Crippen molar-refractivity contribution in [1.29, 1.82) is 0 Å². The Hall–Kier alpha value is -6.83. The molecular formula is C48H40N3O8P3. The molecule has 1 atom stereocenters. The van der Waals surface area contributed by atoms with Crippen LogP contribution in [0.15, 0.2) is 247 Å². The van der Waals surface area contributed by atoms with Crippen molar-refractivity contribution in [2.24, 2.45) is 4.52 Å². The van der Waals surface area contributed by atoms with Crippen LogP contribution < -0.4 is 36.8 Å². The van der Waals surface area contributed by atoms with Crippen LogP contribution in [0.5, 0.6) is 46.0 Å². The van der Waals surface area contributed by atoms with E-state index in [4.69, 9.17) is 41.3 Å². The van der Waals surface area contributed by atoms with Crippen molar-refractivity contribution in [3.63, 3.8) is 0 Å². The van der Waals surface area contributed by atoms with Gasteiger partial charge in [0.1, 0.15) is 0 Å². The average molecular weight is 880 g/mol. The second-order valence-corrected chi connectivity index (χ2v) is 20.4.